The van der Waals surface area contributed by atoms with Gasteiger partial charge in [0.05, 0.1) is 23.3 Å². The SMILES string of the molecule is CCN(C(=O)c1cc2ncccc2[nH]1)[C@H]1CCC[C@@H](NCc2cc(C3CC3)no2)C1. The van der Waals surface area contributed by atoms with E-state index in [0.29, 0.717) is 30.7 Å². The molecule has 7 nitrogen and oxygen atoms in total. The molecular formula is C23H29N5O2. The maximum atomic E-state index is 13.2. The molecule has 0 bridgehead atoms. The van der Waals surface area contributed by atoms with Gasteiger partial charge < -0.3 is 19.7 Å². The molecule has 2 fully saturated rings. The molecule has 1 amide bonds. The Labute approximate surface area is 176 Å². The minimum atomic E-state index is 0.0606. The number of hydrogen-bond acceptors (Lipinski definition) is 5. The first-order valence-electron chi connectivity index (χ1n) is 11.1. The molecule has 3 aromatic heterocycles. The summed E-state index contributed by atoms with van der Waals surface area (Å²) >= 11 is 0. The van der Waals surface area contributed by atoms with Gasteiger partial charge in [-0.1, -0.05) is 5.16 Å². The molecule has 0 saturated heterocycles. The van der Waals surface area contributed by atoms with Crippen molar-refractivity contribution in [1.29, 1.82) is 0 Å². The lowest BCUT2D eigenvalue weighted by atomic mass is 9.89. The molecule has 3 heterocycles. The second kappa shape index (κ2) is 8.22. The van der Waals surface area contributed by atoms with Crippen molar-refractivity contribution in [3.05, 3.63) is 47.6 Å². The average molecular weight is 408 g/mol. The van der Waals surface area contributed by atoms with E-state index in [1.807, 2.05) is 23.1 Å². The molecule has 0 aliphatic heterocycles. The highest BCUT2D eigenvalue weighted by Gasteiger charge is 2.30. The lowest BCUT2D eigenvalue weighted by Gasteiger charge is -2.37. The number of nitrogens with one attached hydrogen (secondary N) is 2. The Morgan fingerprint density at radius 2 is 2.20 bits per heavy atom. The Hall–Kier alpha value is -2.67. The Morgan fingerprint density at radius 1 is 1.30 bits per heavy atom. The van der Waals surface area contributed by atoms with Crippen molar-refractivity contribution in [1.82, 2.24) is 25.3 Å². The summed E-state index contributed by atoms with van der Waals surface area (Å²) in [6.07, 6.45) is 8.47. The molecule has 3 aromatic rings. The summed E-state index contributed by atoms with van der Waals surface area (Å²) in [6, 6.07) is 8.41. The Balaban J connectivity index is 1.22. The summed E-state index contributed by atoms with van der Waals surface area (Å²) in [7, 11) is 0. The molecular weight excluding hydrogens is 378 g/mol. The molecule has 0 spiro atoms. The zero-order valence-electron chi connectivity index (χ0n) is 17.4. The number of rotatable bonds is 7. The Kier molecular flexibility index (Phi) is 5.29. The van der Waals surface area contributed by atoms with Gasteiger partial charge in [0.1, 0.15) is 5.69 Å². The minimum Gasteiger partial charge on any atom is -0.360 e. The number of fused-ring (bicyclic) bond motifs is 1. The van der Waals surface area contributed by atoms with E-state index in [1.54, 1.807) is 6.20 Å². The molecule has 7 heteroatoms. The van der Waals surface area contributed by atoms with E-state index in [9.17, 15) is 4.79 Å². The van der Waals surface area contributed by atoms with Crippen LogP contribution >= 0.6 is 0 Å². The minimum absolute atomic E-state index is 0.0606. The fraction of sp³-hybridized carbons (Fsp3) is 0.522. The first-order valence-corrected chi connectivity index (χ1v) is 11.1. The van der Waals surface area contributed by atoms with Gasteiger partial charge in [0.25, 0.3) is 5.91 Å². The lowest BCUT2D eigenvalue weighted by molar-refractivity contribution is 0.0622. The number of aromatic amines is 1. The zero-order chi connectivity index (χ0) is 20.5. The third kappa shape index (κ3) is 3.99. The van der Waals surface area contributed by atoms with E-state index in [4.69, 9.17) is 4.52 Å². The Bertz CT molecular complexity index is 988. The molecule has 0 aromatic carbocycles. The molecule has 5 rings (SSSR count). The third-order valence-electron chi connectivity index (χ3n) is 6.45. The van der Waals surface area contributed by atoms with E-state index in [0.717, 1.165) is 48.2 Å². The second-order valence-corrected chi connectivity index (χ2v) is 8.60. The molecule has 2 aliphatic rings. The normalized spacial score (nSPS) is 21.8. The van der Waals surface area contributed by atoms with Crippen molar-refractivity contribution < 1.29 is 9.32 Å². The quantitative estimate of drug-likeness (QED) is 0.618. The second-order valence-electron chi connectivity index (χ2n) is 8.60. The largest absolute Gasteiger partial charge is 0.360 e. The van der Waals surface area contributed by atoms with Crippen LogP contribution in [0.15, 0.2) is 35.0 Å². The van der Waals surface area contributed by atoms with Crippen LogP contribution < -0.4 is 5.32 Å². The third-order valence-corrected chi connectivity index (χ3v) is 6.45. The smallest absolute Gasteiger partial charge is 0.270 e. The maximum absolute atomic E-state index is 13.2. The van der Waals surface area contributed by atoms with Gasteiger partial charge >= 0.3 is 0 Å². The molecule has 158 valence electrons. The first-order chi connectivity index (χ1) is 14.7. The van der Waals surface area contributed by atoms with Gasteiger partial charge in [-0.25, -0.2) is 0 Å². The highest BCUT2D eigenvalue weighted by atomic mass is 16.5. The van der Waals surface area contributed by atoms with Gasteiger partial charge in [0, 0.05) is 36.8 Å². The fourth-order valence-electron chi connectivity index (χ4n) is 4.65. The van der Waals surface area contributed by atoms with Crippen molar-refractivity contribution in [3.63, 3.8) is 0 Å². The summed E-state index contributed by atoms with van der Waals surface area (Å²) < 4.78 is 5.49. The van der Waals surface area contributed by atoms with Crippen molar-refractivity contribution in [2.75, 3.05) is 6.54 Å². The number of amides is 1. The zero-order valence-corrected chi connectivity index (χ0v) is 17.4. The standard InChI is InChI=1S/C23H29N5O2/c1-2-28(23(29)22-13-21-19(26-22)7-4-10-24-21)17-6-3-5-16(11-17)25-14-18-12-20(27-30-18)15-8-9-15/h4,7,10,12-13,15-17,25-26H,2-3,5-6,8-9,11,14H2,1H3/t16-,17+/m1/s1. The van der Waals surface area contributed by atoms with E-state index < -0.39 is 0 Å². The van der Waals surface area contributed by atoms with Crippen LogP contribution in [0.25, 0.3) is 11.0 Å². The van der Waals surface area contributed by atoms with E-state index in [2.05, 4.69) is 33.4 Å². The van der Waals surface area contributed by atoms with Gasteiger partial charge in [-0.15, -0.1) is 0 Å². The molecule has 2 aliphatic carbocycles. The van der Waals surface area contributed by atoms with Crippen molar-refractivity contribution in [2.45, 2.75) is 70.0 Å². The van der Waals surface area contributed by atoms with Crippen LogP contribution in [0.5, 0.6) is 0 Å². The number of H-pyrrole nitrogens is 1. The van der Waals surface area contributed by atoms with Crippen LogP contribution in [0, 0.1) is 0 Å². The number of aromatic nitrogens is 3. The summed E-state index contributed by atoms with van der Waals surface area (Å²) in [4.78, 5) is 22.8. The van der Waals surface area contributed by atoms with Gasteiger partial charge in [-0.2, -0.15) is 0 Å². The van der Waals surface area contributed by atoms with Crippen LogP contribution in [0.1, 0.15) is 73.3 Å². The highest BCUT2D eigenvalue weighted by molar-refractivity contribution is 5.97. The lowest BCUT2D eigenvalue weighted by Crippen LogP contribution is -2.46. The molecule has 2 saturated carbocycles. The van der Waals surface area contributed by atoms with E-state index in [-0.39, 0.29) is 11.9 Å². The van der Waals surface area contributed by atoms with E-state index >= 15 is 0 Å². The first kappa shape index (κ1) is 19.3. The van der Waals surface area contributed by atoms with Gasteiger partial charge in [-0.3, -0.25) is 9.78 Å². The molecule has 0 unspecified atom stereocenters. The van der Waals surface area contributed by atoms with Gasteiger partial charge in [-0.05, 0) is 63.6 Å². The summed E-state index contributed by atoms with van der Waals surface area (Å²) in [5.74, 6) is 1.59. The summed E-state index contributed by atoms with van der Waals surface area (Å²) in [5, 5.41) is 7.83. The highest BCUT2D eigenvalue weighted by Crippen LogP contribution is 2.39. The summed E-state index contributed by atoms with van der Waals surface area (Å²) in [6.45, 7) is 3.46. The van der Waals surface area contributed by atoms with Crippen LogP contribution in [-0.2, 0) is 6.54 Å². The number of carbonyl (C=O) groups is 1. The maximum Gasteiger partial charge on any atom is 0.270 e. The average Bonchev–Trinajstić information content (AvgIpc) is 3.35. The predicted molar refractivity (Wildman–Crippen MR) is 114 cm³/mol. The van der Waals surface area contributed by atoms with Crippen molar-refractivity contribution >= 4 is 16.9 Å². The summed E-state index contributed by atoms with van der Waals surface area (Å²) in [5.41, 5.74) is 3.45. The van der Waals surface area contributed by atoms with Crippen LogP contribution in [0.3, 0.4) is 0 Å². The molecule has 2 atom stereocenters. The van der Waals surface area contributed by atoms with Crippen LogP contribution in [-0.4, -0.2) is 44.6 Å². The number of pyridine rings is 1. The fourth-order valence-corrected chi connectivity index (χ4v) is 4.65. The van der Waals surface area contributed by atoms with Crippen LogP contribution in [0.2, 0.25) is 0 Å². The topological polar surface area (TPSA) is 87.0 Å². The molecule has 0 radical (unpaired) electrons. The van der Waals surface area contributed by atoms with E-state index in [1.165, 1.54) is 12.8 Å². The van der Waals surface area contributed by atoms with Crippen molar-refractivity contribution in [2.24, 2.45) is 0 Å². The monoisotopic (exact) mass is 407 g/mol. The number of nitrogens with zero attached hydrogens (tertiary/aromatic N) is 3. The number of hydrogen-bond donors (Lipinski definition) is 2. The van der Waals surface area contributed by atoms with Crippen LogP contribution in [0.4, 0.5) is 0 Å². The van der Waals surface area contributed by atoms with Gasteiger partial charge in [0.2, 0.25) is 0 Å². The van der Waals surface area contributed by atoms with Crippen molar-refractivity contribution in [3.8, 4) is 0 Å². The molecule has 2 N–H and O–H groups in total. The number of carbonyl (C=O) groups excluding carboxylic acids is 1. The molecule has 30 heavy (non-hydrogen) atoms. The Morgan fingerprint density at radius 3 is 3.00 bits per heavy atom. The van der Waals surface area contributed by atoms with Gasteiger partial charge in [0.15, 0.2) is 5.76 Å². The predicted octanol–water partition coefficient (Wildman–Crippen LogP) is 3.99.